The van der Waals surface area contributed by atoms with Crippen LogP contribution in [0.5, 0.6) is 0 Å². The van der Waals surface area contributed by atoms with Crippen molar-refractivity contribution in [3.05, 3.63) is 53.9 Å². The lowest BCUT2D eigenvalue weighted by molar-refractivity contribution is 0.0520. The Morgan fingerprint density at radius 3 is 2.57 bits per heavy atom. The van der Waals surface area contributed by atoms with Crippen LogP contribution in [0.3, 0.4) is 0 Å². The van der Waals surface area contributed by atoms with E-state index in [9.17, 15) is 4.79 Å². The van der Waals surface area contributed by atoms with Crippen molar-refractivity contribution in [2.75, 3.05) is 6.61 Å². The van der Waals surface area contributed by atoms with Crippen LogP contribution in [0.2, 0.25) is 0 Å². The second-order valence-electron chi connectivity index (χ2n) is 5.20. The van der Waals surface area contributed by atoms with Crippen molar-refractivity contribution in [3.8, 4) is 22.9 Å². The molecule has 0 fully saturated rings. The molecule has 5 heteroatoms. The van der Waals surface area contributed by atoms with E-state index in [1.165, 1.54) is 0 Å². The molecule has 2 aromatic heterocycles. The maximum atomic E-state index is 12.2. The molecule has 3 aromatic rings. The van der Waals surface area contributed by atoms with Crippen LogP contribution < -0.4 is 0 Å². The van der Waals surface area contributed by atoms with Crippen molar-refractivity contribution in [1.82, 2.24) is 9.55 Å². The van der Waals surface area contributed by atoms with Crippen LogP contribution >= 0.6 is 0 Å². The van der Waals surface area contributed by atoms with Crippen molar-refractivity contribution in [2.45, 2.75) is 13.8 Å². The third-order valence-electron chi connectivity index (χ3n) is 3.72. The van der Waals surface area contributed by atoms with Gasteiger partial charge in [0, 0.05) is 18.3 Å². The summed E-state index contributed by atoms with van der Waals surface area (Å²) in [6, 6.07) is 13.4. The van der Waals surface area contributed by atoms with Crippen LogP contribution in [-0.4, -0.2) is 22.1 Å². The molecule has 0 aliphatic carbocycles. The van der Waals surface area contributed by atoms with Gasteiger partial charge in [-0.2, -0.15) is 0 Å². The molecule has 5 nitrogen and oxygen atoms in total. The average Bonchev–Trinajstić information content (AvgIpc) is 3.13. The number of carbonyl (C=O) groups is 1. The zero-order valence-corrected chi connectivity index (χ0v) is 13.4. The van der Waals surface area contributed by atoms with E-state index in [0.717, 1.165) is 17.0 Å². The molecule has 0 radical (unpaired) electrons. The van der Waals surface area contributed by atoms with Gasteiger partial charge in [0.1, 0.15) is 0 Å². The highest BCUT2D eigenvalue weighted by molar-refractivity contribution is 5.94. The maximum Gasteiger partial charge on any atom is 0.361 e. The second-order valence-corrected chi connectivity index (χ2v) is 5.20. The van der Waals surface area contributed by atoms with Crippen molar-refractivity contribution in [1.29, 1.82) is 0 Å². The van der Waals surface area contributed by atoms with Gasteiger partial charge in [0.15, 0.2) is 11.5 Å². The van der Waals surface area contributed by atoms with Gasteiger partial charge >= 0.3 is 5.97 Å². The Morgan fingerprint density at radius 2 is 1.96 bits per heavy atom. The number of benzene rings is 1. The molecule has 0 spiro atoms. The molecule has 0 saturated heterocycles. The number of hydrogen-bond acceptors (Lipinski definition) is 4. The van der Waals surface area contributed by atoms with Gasteiger partial charge in [-0.3, -0.25) is 0 Å². The zero-order valence-electron chi connectivity index (χ0n) is 13.4. The van der Waals surface area contributed by atoms with Crippen molar-refractivity contribution in [3.63, 3.8) is 0 Å². The van der Waals surface area contributed by atoms with E-state index < -0.39 is 5.97 Å². The number of rotatable bonds is 4. The van der Waals surface area contributed by atoms with Crippen LogP contribution in [0.1, 0.15) is 23.1 Å². The van der Waals surface area contributed by atoms with Crippen LogP contribution in [-0.2, 0) is 11.8 Å². The first-order valence-corrected chi connectivity index (χ1v) is 7.48. The van der Waals surface area contributed by atoms with Gasteiger partial charge in [-0.1, -0.05) is 18.2 Å². The zero-order chi connectivity index (χ0) is 16.4. The third-order valence-corrected chi connectivity index (χ3v) is 3.72. The second kappa shape index (κ2) is 6.12. The van der Waals surface area contributed by atoms with E-state index in [4.69, 9.17) is 9.15 Å². The van der Waals surface area contributed by atoms with Gasteiger partial charge in [0.05, 0.1) is 12.3 Å². The summed E-state index contributed by atoms with van der Waals surface area (Å²) in [5, 5.41) is 0. The third kappa shape index (κ3) is 2.77. The number of carbonyl (C=O) groups excluding carboxylic acids is 1. The van der Waals surface area contributed by atoms with E-state index in [1.54, 1.807) is 6.92 Å². The fraction of sp³-hybridized carbons (Fsp3) is 0.222. The van der Waals surface area contributed by atoms with Gasteiger partial charge in [0.2, 0.25) is 5.89 Å². The molecule has 1 aromatic carbocycles. The topological polar surface area (TPSA) is 57.3 Å². The van der Waals surface area contributed by atoms with Crippen molar-refractivity contribution >= 4 is 5.97 Å². The number of nitrogens with zero attached hydrogens (tertiary/aromatic N) is 2. The largest absolute Gasteiger partial charge is 0.461 e. The highest BCUT2D eigenvalue weighted by Crippen LogP contribution is 2.31. The van der Waals surface area contributed by atoms with Crippen LogP contribution in [0, 0.1) is 6.92 Å². The van der Waals surface area contributed by atoms with Crippen molar-refractivity contribution < 1.29 is 13.9 Å². The SMILES string of the molecule is CCOC(=O)c1nc(-c2ccccc2)oc1-c1ccc(C)n1C. The summed E-state index contributed by atoms with van der Waals surface area (Å²) >= 11 is 0. The Kier molecular flexibility index (Phi) is 4.02. The first-order chi connectivity index (χ1) is 11.1. The van der Waals surface area contributed by atoms with Crippen LogP contribution in [0.25, 0.3) is 22.9 Å². The monoisotopic (exact) mass is 310 g/mol. The number of esters is 1. The molecule has 118 valence electrons. The van der Waals surface area contributed by atoms with E-state index in [2.05, 4.69) is 4.98 Å². The lowest BCUT2D eigenvalue weighted by Gasteiger charge is -2.04. The summed E-state index contributed by atoms with van der Waals surface area (Å²) in [5.74, 6) is 0.354. The quantitative estimate of drug-likeness (QED) is 0.687. The summed E-state index contributed by atoms with van der Waals surface area (Å²) in [7, 11) is 1.92. The maximum absolute atomic E-state index is 12.2. The summed E-state index contributed by atoms with van der Waals surface area (Å²) in [6.45, 7) is 4.04. The molecular weight excluding hydrogens is 292 g/mol. The predicted octanol–water partition coefficient (Wildman–Crippen LogP) is 3.83. The van der Waals surface area contributed by atoms with Crippen LogP contribution in [0.4, 0.5) is 0 Å². The van der Waals surface area contributed by atoms with E-state index in [1.807, 2.05) is 61.0 Å². The molecule has 0 amide bonds. The molecule has 0 bridgehead atoms. The van der Waals surface area contributed by atoms with Gasteiger partial charge in [0.25, 0.3) is 0 Å². The number of oxazole rings is 1. The molecule has 0 N–H and O–H groups in total. The molecule has 3 rings (SSSR count). The summed E-state index contributed by atoms with van der Waals surface area (Å²) in [4.78, 5) is 16.6. The first-order valence-electron chi connectivity index (χ1n) is 7.48. The summed E-state index contributed by atoms with van der Waals surface area (Å²) in [6.07, 6.45) is 0. The molecule has 0 aliphatic rings. The average molecular weight is 310 g/mol. The molecule has 2 heterocycles. The number of hydrogen-bond donors (Lipinski definition) is 0. The Labute approximate surface area is 134 Å². The Bertz CT molecular complexity index is 831. The highest BCUT2D eigenvalue weighted by Gasteiger charge is 2.25. The highest BCUT2D eigenvalue weighted by atomic mass is 16.5. The first kappa shape index (κ1) is 15.1. The van der Waals surface area contributed by atoms with Gasteiger partial charge in [-0.05, 0) is 38.1 Å². The minimum atomic E-state index is -0.479. The Hall–Kier alpha value is -2.82. The number of ether oxygens (including phenoxy) is 1. The van der Waals surface area contributed by atoms with E-state index in [-0.39, 0.29) is 12.3 Å². The van der Waals surface area contributed by atoms with Gasteiger partial charge in [-0.25, -0.2) is 9.78 Å². The molecule has 0 unspecified atom stereocenters. The Balaban J connectivity index is 2.15. The standard InChI is InChI=1S/C18H18N2O3/c1-4-22-18(21)15-16(14-11-10-12(2)20(14)3)23-17(19-15)13-8-6-5-7-9-13/h5-11H,4H2,1-3H3. The molecule has 0 saturated carbocycles. The lowest BCUT2D eigenvalue weighted by atomic mass is 10.2. The molecule has 23 heavy (non-hydrogen) atoms. The number of aromatic nitrogens is 2. The molecule has 0 aliphatic heterocycles. The lowest BCUT2D eigenvalue weighted by Crippen LogP contribution is -2.07. The van der Waals surface area contributed by atoms with E-state index in [0.29, 0.717) is 11.7 Å². The van der Waals surface area contributed by atoms with Gasteiger partial charge < -0.3 is 13.7 Å². The van der Waals surface area contributed by atoms with Crippen molar-refractivity contribution in [2.24, 2.45) is 7.05 Å². The molecular formula is C18H18N2O3. The normalized spacial score (nSPS) is 10.7. The van der Waals surface area contributed by atoms with Gasteiger partial charge in [-0.15, -0.1) is 0 Å². The fourth-order valence-corrected chi connectivity index (χ4v) is 2.38. The smallest absolute Gasteiger partial charge is 0.361 e. The minimum Gasteiger partial charge on any atom is -0.461 e. The Morgan fingerprint density at radius 1 is 1.22 bits per heavy atom. The number of aryl methyl sites for hydroxylation is 1. The summed E-state index contributed by atoms with van der Waals surface area (Å²) < 4.78 is 13.0. The molecule has 0 atom stereocenters. The fourth-order valence-electron chi connectivity index (χ4n) is 2.38. The predicted molar refractivity (Wildman–Crippen MR) is 87.0 cm³/mol. The van der Waals surface area contributed by atoms with E-state index >= 15 is 0 Å². The minimum absolute atomic E-state index is 0.201. The summed E-state index contributed by atoms with van der Waals surface area (Å²) in [5.41, 5.74) is 2.87. The van der Waals surface area contributed by atoms with Crippen LogP contribution in [0.15, 0.2) is 46.9 Å².